The molecule has 6 nitrogen and oxygen atoms in total. The van der Waals surface area contributed by atoms with Gasteiger partial charge in [-0.15, -0.1) is 6.58 Å². The standard InChI is InChI=1S/C21H22N2O4S/c1-4-6-17-18-11-14-21(24)23(5-2)20(18)13-12-19(17)22-28(25,26)16-9-7-15(27-3)8-10-16/h4,7-14,22H,1,5-6H2,2-3H3. The molecule has 0 spiro atoms. The van der Waals surface area contributed by atoms with E-state index in [2.05, 4.69) is 11.3 Å². The monoisotopic (exact) mass is 398 g/mol. The lowest BCUT2D eigenvalue weighted by Crippen LogP contribution is -2.19. The van der Waals surface area contributed by atoms with E-state index in [1.54, 1.807) is 41.0 Å². The molecule has 0 aliphatic heterocycles. The molecule has 3 aromatic rings. The molecule has 0 aliphatic rings. The molecule has 0 atom stereocenters. The molecular formula is C21H22N2O4S. The van der Waals surface area contributed by atoms with Crippen LogP contribution in [0.4, 0.5) is 5.69 Å². The first-order chi connectivity index (χ1) is 13.4. The minimum Gasteiger partial charge on any atom is -0.497 e. The molecule has 0 saturated heterocycles. The smallest absolute Gasteiger partial charge is 0.261 e. The highest BCUT2D eigenvalue weighted by Crippen LogP contribution is 2.29. The van der Waals surface area contributed by atoms with Crippen molar-refractivity contribution in [3.05, 3.63) is 77.1 Å². The fraction of sp³-hybridized carbons (Fsp3) is 0.190. The second-order valence-electron chi connectivity index (χ2n) is 6.21. The summed E-state index contributed by atoms with van der Waals surface area (Å²) in [5.41, 5.74) is 1.90. The van der Waals surface area contributed by atoms with E-state index >= 15 is 0 Å². The molecule has 0 radical (unpaired) electrons. The van der Waals surface area contributed by atoms with E-state index in [0.29, 0.717) is 24.4 Å². The average molecular weight is 398 g/mol. The molecule has 146 valence electrons. The highest BCUT2D eigenvalue weighted by molar-refractivity contribution is 7.92. The summed E-state index contributed by atoms with van der Waals surface area (Å²) in [6.07, 6.45) is 2.17. The van der Waals surface area contributed by atoms with Gasteiger partial charge in [-0.2, -0.15) is 0 Å². The maximum Gasteiger partial charge on any atom is 0.261 e. The molecule has 0 unspecified atom stereocenters. The fourth-order valence-electron chi connectivity index (χ4n) is 3.18. The second-order valence-corrected chi connectivity index (χ2v) is 7.90. The van der Waals surface area contributed by atoms with Gasteiger partial charge in [0.2, 0.25) is 0 Å². The van der Waals surface area contributed by atoms with E-state index in [1.165, 1.54) is 25.3 Å². The average Bonchev–Trinajstić information content (AvgIpc) is 2.69. The number of aryl methyl sites for hydroxylation is 1. The van der Waals surface area contributed by atoms with Crippen molar-refractivity contribution in [2.75, 3.05) is 11.8 Å². The Morgan fingerprint density at radius 2 is 1.82 bits per heavy atom. The van der Waals surface area contributed by atoms with E-state index in [9.17, 15) is 13.2 Å². The van der Waals surface area contributed by atoms with Gasteiger partial charge in [0, 0.05) is 18.0 Å². The maximum absolute atomic E-state index is 12.8. The third kappa shape index (κ3) is 3.66. The maximum atomic E-state index is 12.8. The van der Waals surface area contributed by atoms with Crippen LogP contribution >= 0.6 is 0 Å². The van der Waals surface area contributed by atoms with E-state index in [0.717, 1.165) is 16.5 Å². The van der Waals surface area contributed by atoms with Gasteiger partial charge in [-0.05, 0) is 61.4 Å². The van der Waals surface area contributed by atoms with Crippen LogP contribution in [0.5, 0.6) is 5.75 Å². The summed E-state index contributed by atoms with van der Waals surface area (Å²) in [5.74, 6) is 0.578. The number of nitrogens with zero attached hydrogens (tertiary/aromatic N) is 1. The number of pyridine rings is 1. The molecular weight excluding hydrogens is 376 g/mol. The lowest BCUT2D eigenvalue weighted by atomic mass is 10.0. The van der Waals surface area contributed by atoms with Gasteiger partial charge < -0.3 is 9.30 Å². The van der Waals surface area contributed by atoms with Crippen molar-refractivity contribution in [1.29, 1.82) is 0 Å². The molecule has 1 heterocycles. The predicted molar refractivity (Wildman–Crippen MR) is 112 cm³/mol. The Balaban J connectivity index is 2.11. The molecule has 1 N–H and O–H groups in total. The molecule has 2 aromatic carbocycles. The number of sulfonamides is 1. The summed E-state index contributed by atoms with van der Waals surface area (Å²) >= 11 is 0. The van der Waals surface area contributed by atoms with Gasteiger partial charge in [0.1, 0.15) is 5.75 Å². The minimum atomic E-state index is -3.78. The van der Waals surface area contributed by atoms with Crippen molar-refractivity contribution in [3.63, 3.8) is 0 Å². The molecule has 0 aliphatic carbocycles. The zero-order valence-electron chi connectivity index (χ0n) is 15.8. The lowest BCUT2D eigenvalue weighted by Gasteiger charge is -2.16. The van der Waals surface area contributed by atoms with Crippen LogP contribution < -0.4 is 15.0 Å². The lowest BCUT2D eigenvalue weighted by molar-refractivity contribution is 0.414. The zero-order valence-corrected chi connectivity index (χ0v) is 16.6. The van der Waals surface area contributed by atoms with Gasteiger partial charge in [0.15, 0.2) is 0 Å². The number of rotatable bonds is 7. The molecule has 3 rings (SSSR count). The largest absolute Gasteiger partial charge is 0.497 e. The molecule has 28 heavy (non-hydrogen) atoms. The first-order valence-corrected chi connectivity index (χ1v) is 10.3. The normalized spacial score (nSPS) is 11.4. The quantitative estimate of drug-likeness (QED) is 0.618. The van der Waals surface area contributed by atoms with E-state index in [-0.39, 0.29) is 10.5 Å². The topological polar surface area (TPSA) is 77.4 Å². The molecule has 1 aromatic heterocycles. The highest BCUT2D eigenvalue weighted by atomic mass is 32.2. The second kappa shape index (κ2) is 7.90. The Labute approximate surface area is 164 Å². The Hall–Kier alpha value is -3.06. The molecule has 7 heteroatoms. The van der Waals surface area contributed by atoms with E-state index in [4.69, 9.17) is 4.74 Å². The first kappa shape index (κ1) is 19.7. The van der Waals surface area contributed by atoms with Crippen LogP contribution in [-0.4, -0.2) is 20.1 Å². The minimum absolute atomic E-state index is 0.0916. The summed E-state index contributed by atoms with van der Waals surface area (Å²) in [4.78, 5) is 12.2. The first-order valence-electron chi connectivity index (χ1n) is 8.84. The summed E-state index contributed by atoms with van der Waals surface area (Å²) in [5, 5.41) is 0.816. The van der Waals surface area contributed by atoms with Crippen LogP contribution in [0.1, 0.15) is 12.5 Å². The Kier molecular flexibility index (Phi) is 5.56. The van der Waals surface area contributed by atoms with Crippen molar-refractivity contribution in [2.24, 2.45) is 0 Å². The number of fused-ring (bicyclic) bond motifs is 1. The number of methoxy groups -OCH3 is 1. The van der Waals surface area contributed by atoms with Crippen molar-refractivity contribution in [1.82, 2.24) is 4.57 Å². The summed E-state index contributed by atoms with van der Waals surface area (Å²) in [6, 6.07) is 12.9. The van der Waals surface area contributed by atoms with Gasteiger partial charge in [0.25, 0.3) is 15.6 Å². The van der Waals surface area contributed by atoms with Gasteiger partial charge in [-0.25, -0.2) is 8.42 Å². The van der Waals surface area contributed by atoms with Gasteiger partial charge in [-0.3, -0.25) is 9.52 Å². The number of aromatic nitrogens is 1. The van der Waals surface area contributed by atoms with Crippen molar-refractivity contribution < 1.29 is 13.2 Å². The van der Waals surface area contributed by atoms with Crippen molar-refractivity contribution in [2.45, 2.75) is 24.8 Å². The van der Waals surface area contributed by atoms with Crippen LogP contribution in [0.3, 0.4) is 0 Å². The van der Waals surface area contributed by atoms with Crippen LogP contribution in [0.15, 0.2) is 70.9 Å². The van der Waals surface area contributed by atoms with Gasteiger partial charge in [0.05, 0.1) is 23.2 Å². The van der Waals surface area contributed by atoms with Crippen molar-refractivity contribution >= 4 is 26.6 Å². The molecule has 0 bridgehead atoms. The van der Waals surface area contributed by atoms with Gasteiger partial charge >= 0.3 is 0 Å². The van der Waals surface area contributed by atoms with E-state index in [1.807, 2.05) is 6.92 Å². The molecule has 0 amide bonds. The Morgan fingerprint density at radius 3 is 2.43 bits per heavy atom. The number of hydrogen-bond acceptors (Lipinski definition) is 4. The fourth-order valence-corrected chi connectivity index (χ4v) is 4.27. The number of hydrogen-bond donors (Lipinski definition) is 1. The van der Waals surface area contributed by atoms with Gasteiger partial charge in [-0.1, -0.05) is 6.08 Å². The molecule has 0 saturated carbocycles. The van der Waals surface area contributed by atoms with E-state index < -0.39 is 10.0 Å². The van der Waals surface area contributed by atoms with Crippen LogP contribution in [0.25, 0.3) is 10.9 Å². The highest BCUT2D eigenvalue weighted by Gasteiger charge is 2.18. The van der Waals surface area contributed by atoms with Crippen LogP contribution in [0.2, 0.25) is 0 Å². The van der Waals surface area contributed by atoms with Crippen LogP contribution in [-0.2, 0) is 23.0 Å². The predicted octanol–water partition coefficient (Wildman–Crippen LogP) is 3.56. The SMILES string of the molecule is C=CCc1c(NS(=O)(=O)c2ccc(OC)cc2)ccc2c1ccc(=O)n2CC. The summed E-state index contributed by atoms with van der Waals surface area (Å²) in [7, 11) is -2.26. The number of ether oxygens (including phenoxy) is 1. The number of anilines is 1. The van der Waals surface area contributed by atoms with Crippen LogP contribution in [0, 0.1) is 0 Å². The summed E-state index contributed by atoms with van der Waals surface area (Å²) in [6.45, 7) is 6.20. The molecule has 0 fully saturated rings. The Bertz CT molecular complexity index is 1180. The zero-order chi connectivity index (χ0) is 20.3. The third-order valence-electron chi connectivity index (χ3n) is 4.56. The number of allylic oxidation sites excluding steroid dienone is 1. The number of benzene rings is 2. The Morgan fingerprint density at radius 1 is 1.11 bits per heavy atom. The number of nitrogens with one attached hydrogen (secondary N) is 1. The summed E-state index contributed by atoms with van der Waals surface area (Å²) < 4.78 is 35.1. The third-order valence-corrected chi connectivity index (χ3v) is 5.94. The van der Waals surface area contributed by atoms with Crippen molar-refractivity contribution in [3.8, 4) is 5.75 Å².